The van der Waals surface area contributed by atoms with Crippen LogP contribution in [-0.4, -0.2) is 68.0 Å². The van der Waals surface area contributed by atoms with Crippen molar-refractivity contribution < 1.29 is 26.7 Å². The summed E-state index contributed by atoms with van der Waals surface area (Å²) in [6.07, 6.45) is 1.73. The fraction of sp³-hybridized carbons (Fsp3) is 0.250. The Bertz CT molecular complexity index is 1670. The van der Waals surface area contributed by atoms with Gasteiger partial charge < -0.3 is 21.0 Å². The molecule has 1 atom stereocenters. The smallest absolute Gasteiger partial charge is 0.241 e. The minimum atomic E-state index is -4.59. The van der Waals surface area contributed by atoms with Gasteiger partial charge in [-0.1, -0.05) is 29.5 Å². The van der Waals surface area contributed by atoms with Crippen LogP contribution in [0.5, 0.6) is 0 Å². The third kappa shape index (κ3) is 5.64. The Hall–Kier alpha value is -3.55. The minimum absolute atomic E-state index is 0.0496. The summed E-state index contributed by atoms with van der Waals surface area (Å²) in [5, 5.41) is 31.0. The number of primary sulfonamides is 1. The van der Waals surface area contributed by atoms with E-state index in [1.54, 1.807) is 12.1 Å². The number of hydrogen-bond donors (Lipinski definition) is 5. The van der Waals surface area contributed by atoms with Crippen LogP contribution >= 0.6 is 11.3 Å². The SMILES string of the molecule is Nc1nc2c(-c3ccc(S(=O)(=O)NC[C@@H]4CCCN4)c(S(N)(=O)=O)c3-c3nn[nH]n3)cccc2s1.O=C[O-]. The maximum absolute atomic E-state index is 13.3. The molecule has 0 bridgehead atoms. The predicted octanol–water partition coefficient (Wildman–Crippen LogP) is -1.23. The molecule has 202 valence electrons. The number of nitrogens with zero attached hydrogens (tertiary/aromatic N) is 4. The normalized spacial score (nSPS) is 15.8. The number of nitrogens with one attached hydrogen (secondary N) is 3. The molecule has 7 N–H and O–H groups in total. The lowest BCUT2D eigenvalue weighted by atomic mass is 9.98. The fourth-order valence-electron chi connectivity index (χ4n) is 4.17. The Kier molecular flexibility index (Phi) is 7.99. The average molecular weight is 581 g/mol. The first-order valence-electron chi connectivity index (χ1n) is 10.9. The van der Waals surface area contributed by atoms with E-state index in [4.69, 9.17) is 20.8 Å². The second-order valence-corrected chi connectivity index (χ2v) is 12.3. The first-order valence-corrected chi connectivity index (χ1v) is 14.8. The number of anilines is 1. The van der Waals surface area contributed by atoms with E-state index in [2.05, 4.69) is 35.6 Å². The highest BCUT2D eigenvalue weighted by molar-refractivity contribution is 7.92. The number of thiazole rings is 1. The lowest BCUT2D eigenvalue weighted by molar-refractivity contribution is -0.283. The highest BCUT2D eigenvalue weighted by Crippen LogP contribution is 2.41. The van der Waals surface area contributed by atoms with Gasteiger partial charge in [0.2, 0.25) is 25.9 Å². The van der Waals surface area contributed by atoms with Crippen molar-refractivity contribution >= 4 is 53.2 Å². The van der Waals surface area contributed by atoms with Crippen LogP contribution in [0.3, 0.4) is 0 Å². The zero-order valence-corrected chi connectivity index (χ0v) is 21.9. The second-order valence-electron chi connectivity index (χ2n) is 8.04. The van der Waals surface area contributed by atoms with Crippen molar-refractivity contribution in [1.82, 2.24) is 35.6 Å². The van der Waals surface area contributed by atoms with Crippen molar-refractivity contribution in [3.05, 3.63) is 30.3 Å². The van der Waals surface area contributed by atoms with E-state index in [9.17, 15) is 16.8 Å². The molecule has 15 nitrogen and oxygen atoms in total. The van der Waals surface area contributed by atoms with Crippen molar-refractivity contribution in [1.29, 1.82) is 0 Å². The summed E-state index contributed by atoms with van der Waals surface area (Å²) in [4.78, 5) is 11.5. The molecule has 5 rings (SSSR count). The number of aromatic amines is 1. The molecule has 18 heteroatoms. The Morgan fingerprint density at radius 2 is 1.95 bits per heavy atom. The van der Waals surface area contributed by atoms with Gasteiger partial charge in [-0.05, 0) is 42.3 Å². The number of fused-ring (bicyclic) bond motifs is 1. The summed E-state index contributed by atoms with van der Waals surface area (Å²) in [6, 6.07) is 7.93. The number of benzene rings is 2. The zero-order chi connectivity index (χ0) is 27.5. The molecule has 1 fully saturated rings. The van der Waals surface area contributed by atoms with Crippen molar-refractivity contribution in [2.75, 3.05) is 18.8 Å². The van der Waals surface area contributed by atoms with E-state index >= 15 is 0 Å². The predicted molar refractivity (Wildman–Crippen MR) is 136 cm³/mol. The molecule has 3 heterocycles. The van der Waals surface area contributed by atoms with E-state index in [0.29, 0.717) is 21.8 Å². The van der Waals surface area contributed by atoms with Gasteiger partial charge in [-0.2, -0.15) is 5.21 Å². The number of hydrogen-bond acceptors (Lipinski definition) is 13. The average Bonchev–Trinajstić information content (AvgIpc) is 3.63. The molecule has 0 spiro atoms. The Labute approximate surface area is 220 Å². The number of carboxylic acid groups (broad SMARTS) is 1. The summed E-state index contributed by atoms with van der Waals surface area (Å²) in [5.41, 5.74) is 7.12. The lowest BCUT2D eigenvalue weighted by Gasteiger charge is -2.18. The molecule has 1 aliphatic heterocycles. The van der Waals surface area contributed by atoms with Gasteiger partial charge >= 0.3 is 0 Å². The molecule has 0 aliphatic carbocycles. The van der Waals surface area contributed by atoms with E-state index in [0.717, 1.165) is 24.1 Å². The van der Waals surface area contributed by atoms with Gasteiger partial charge in [0.15, 0.2) is 5.13 Å². The van der Waals surface area contributed by atoms with Gasteiger partial charge in [0, 0.05) is 24.6 Å². The van der Waals surface area contributed by atoms with Crippen molar-refractivity contribution in [2.24, 2.45) is 5.14 Å². The van der Waals surface area contributed by atoms with E-state index in [1.165, 1.54) is 23.5 Å². The number of sulfonamides is 2. The highest BCUT2D eigenvalue weighted by Gasteiger charge is 2.33. The molecule has 38 heavy (non-hydrogen) atoms. The number of nitrogen functional groups attached to an aromatic ring is 1. The molecule has 4 aromatic rings. The third-order valence-corrected chi connectivity index (χ3v) is 9.11. The first-order chi connectivity index (χ1) is 18.1. The van der Waals surface area contributed by atoms with Crippen molar-refractivity contribution in [3.8, 4) is 22.5 Å². The number of H-pyrrole nitrogens is 1. The number of para-hydroxylation sites is 1. The van der Waals surface area contributed by atoms with Crippen LogP contribution < -0.4 is 26.0 Å². The van der Waals surface area contributed by atoms with Crippen LogP contribution in [0.2, 0.25) is 0 Å². The molecule has 1 aliphatic rings. The van der Waals surface area contributed by atoms with Crippen LogP contribution in [0.15, 0.2) is 40.1 Å². The maximum atomic E-state index is 13.3. The van der Waals surface area contributed by atoms with E-state index in [-0.39, 0.29) is 24.0 Å². The number of carbonyl (C=O) groups excluding carboxylic acids is 1. The first kappa shape index (κ1) is 27.5. The van der Waals surface area contributed by atoms with Crippen molar-refractivity contribution in [2.45, 2.75) is 28.7 Å². The number of nitrogens with two attached hydrogens (primary N) is 2. The molecular weight excluding hydrogens is 558 g/mol. The molecule has 0 radical (unpaired) electrons. The monoisotopic (exact) mass is 580 g/mol. The van der Waals surface area contributed by atoms with Crippen LogP contribution in [0.4, 0.5) is 5.13 Å². The minimum Gasteiger partial charge on any atom is -0.554 e. The largest absolute Gasteiger partial charge is 0.554 e. The van der Waals surface area contributed by atoms with Crippen molar-refractivity contribution in [3.63, 3.8) is 0 Å². The number of aromatic nitrogens is 5. The Morgan fingerprint density at radius 3 is 2.58 bits per heavy atom. The number of tetrazole rings is 1. The molecule has 2 aromatic carbocycles. The van der Waals surface area contributed by atoms with Crippen LogP contribution in [0, 0.1) is 0 Å². The lowest BCUT2D eigenvalue weighted by Crippen LogP contribution is -2.37. The van der Waals surface area contributed by atoms with Gasteiger partial charge in [-0.15, -0.1) is 10.2 Å². The van der Waals surface area contributed by atoms with Crippen LogP contribution in [0.25, 0.3) is 32.7 Å². The molecule has 0 amide bonds. The fourth-order valence-corrected chi connectivity index (χ4v) is 7.62. The zero-order valence-electron chi connectivity index (χ0n) is 19.5. The number of rotatable bonds is 7. The van der Waals surface area contributed by atoms with Crippen LogP contribution in [0.1, 0.15) is 12.8 Å². The standard InChI is InChI=1S/C19H21N9O4S3.CH2O2/c20-19-24-16-12(4-1-5-13(16)33-19)11-6-7-14(35(31,32)23-9-10-3-2-8-22-10)17(34(21,29)30)15(11)18-25-27-28-26-18;2-1-3/h1,4-7,10,22-23H,2-3,8-9H2,(H2,20,24)(H2,21,29,30)(H,25,26,27,28);1H,(H,2,3)/p-1/t10-;/m0./s1. The van der Waals surface area contributed by atoms with Gasteiger partial charge in [0.05, 0.1) is 15.8 Å². The molecule has 2 aromatic heterocycles. The summed E-state index contributed by atoms with van der Waals surface area (Å²) in [6.45, 7) is 0.390. The molecular formula is C20H22N9O6S3-. The summed E-state index contributed by atoms with van der Waals surface area (Å²) in [7, 11) is -8.87. The van der Waals surface area contributed by atoms with E-state index in [1.807, 2.05) is 6.07 Å². The third-order valence-electron chi connectivity index (χ3n) is 5.67. The summed E-state index contributed by atoms with van der Waals surface area (Å²) >= 11 is 1.26. The van der Waals surface area contributed by atoms with E-state index < -0.39 is 36.3 Å². The Morgan fingerprint density at radius 1 is 1.18 bits per heavy atom. The topological polar surface area (TPSA) is 252 Å². The molecule has 0 saturated carbocycles. The Balaban J connectivity index is 0.00000107. The maximum Gasteiger partial charge on any atom is 0.241 e. The quantitative estimate of drug-likeness (QED) is 0.161. The number of carbonyl (C=O) groups is 1. The highest BCUT2D eigenvalue weighted by atomic mass is 32.2. The summed E-state index contributed by atoms with van der Waals surface area (Å²) in [5.74, 6) is -0.140. The van der Waals surface area contributed by atoms with Crippen LogP contribution in [-0.2, 0) is 24.8 Å². The van der Waals surface area contributed by atoms with Gasteiger partial charge in [-0.3, -0.25) is 0 Å². The molecule has 1 saturated heterocycles. The van der Waals surface area contributed by atoms with Gasteiger partial charge in [0.25, 0.3) is 0 Å². The summed E-state index contributed by atoms with van der Waals surface area (Å²) < 4.78 is 55.6. The van der Waals surface area contributed by atoms with Gasteiger partial charge in [0.1, 0.15) is 9.79 Å². The molecule has 0 unspecified atom stereocenters. The van der Waals surface area contributed by atoms with Gasteiger partial charge in [-0.25, -0.2) is 31.7 Å². The second kappa shape index (κ2) is 11.1.